The van der Waals surface area contributed by atoms with Gasteiger partial charge >= 0.3 is 35.6 Å². The standard InChI is InChI=1S/2C18H18N4.3C2H3N.3HI.La/c2*1-4-10-19-16(7-1)13-22(14-17-8-2-5-11-20-17)15-18-9-3-6-12-21-18;3*1-2-3;;;;/h2*1-12H,13-15H2;3*1H3;3*1H;/q;;;;;;;;+3/p-3. The van der Waals surface area contributed by atoms with Crippen LogP contribution in [0.3, 0.4) is 0 Å². The summed E-state index contributed by atoms with van der Waals surface area (Å²) in [6, 6.07) is 41.2. The molecule has 6 heterocycles. The van der Waals surface area contributed by atoms with E-state index >= 15 is 0 Å². The number of rotatable bonds is 12. The van der Waals surface area contributed by atoms with Crippen molar-refractivity contribution >= 4 is 0 Å². The van der Waals surface area contributed by atoms with Gasteiger partial charge in [0.15, 0.2) is 0 Å². The van der Waals surface area contributed by atoms with Crippen LogP contribution in [0.5, 0.6) is 0 Å². The Morgan fingerprint density at radius 1 is 0.351 bits per heavy atom. The molecular weight excluding hydrogens is 1180 g/mol. The smallest absolute Gasteiger partial charge is 1.00 e. The summed E-state index contributed by atoms with van der Waals surface area (Å²) < 4.78 is 0. The molecule has 0 aromatic carbocycles. The number of halogens is 3. The summed E-state index contributed by atoms with van der Waals surface area (Å²) in [5.41, 5.74) is 6.30. The van der Waals surface area contributed by atoms with Crippen LogP contribution in [-0.4, -0.2) is 39.7 Å². The minimum atomic E-state index is 0. The SMILES string of the molecule is CC#N.CC#N.CC#N.[I-].[I-].[I-].[La+3].c1ccc(CN(Cc2ccccn2)Cc2ccccn2)nc1.c1ccc(CN(Cc2ccccn2)Cc2ccccn2)nc1. The Kier molecular flexibility index (Phi) is 40.2. The van der Waals surface area contributed by atoms with Crippen molar-refractivity contribution in [1.82, 2.24) is 39.7 Å². The Bertz CT molecular complexity index is 1550. The van der Waals surface area contributed by atoms with Crippen molar-refractivity contribution in [3.8, 4) is 18.2 Å². The molecule has 292 valence electrons. The van der Waals surface area contributed by atoms with Gasteiger partial charge in [0, 0.05) is 97.2 Å². The summed E-state index contributed by atoms with van der Waals surface area (Å²) in [7, 11) is 0. The fourth-order valence-corrected chi connectivity index (χ4v) is 4.66. The Morgan fingerprint density at radius 3 is 0.596 bits per heavy atom. The maximum atomic E-state index is 7.32. The van der Waals surface area contributed by atoms with E-state index in [1.165, 1.54) is 20.8 Å². The van der Waals surface area contributed by atoms with E-state index in [0.29, 0.717) is 0 Å². The van der Waals surface area contributed by atoms with Crippen LogP contribution in [0.4, 0.5) is 0 Å². The molecule has 0 bridgehead atoms. The Balaban J connectivity index is -0.000000801. The van der Waals surface area contributed by atoms with Crippen molar-refractivity contribution < 1.29 is 108 Å². The monoisotopic (exact) mass is 1220 g/mol. The second kappa shape index (κ2) is 39.5. The van der Waals surface area contributed by atoms with Crippen LogP contribution in [0.2, 0.25) is 0 Å². The molecule has 6 aromatic heterocycles. The van der Waals surface area contributed by atoms with Gasteiger partial charge in [0.25, 0.3) is 0 Å². The zero-order valence-electron chi connectivity index (χ0n) is 32.2. The van der Waals surface area contributed by atoms with Crippen molar-refractivity contribution in [1.29, 1.82) is 15.8 Å². The number of nitrogens with zero attached hydrogens (tertiary/aromatic N) is 11. The largest absolute Gasteiger partial charge is 3.00 e. The first-order valence-corrected chi connectivity index (χ1v) is 16.8. The zero-order valence-corrected chi connectivity index (χ0v) is 42.3. The molecule has 0 atom stereocenters. The van der Waals surface area contributed by atoms with Gasteiger partial charge < -0.3 is 71.9 Å². The van der Waals surface area contributed by atoms with Gasteiger partial charge in [-0.2, -0.15) is 15.8 Å². The van der Waals surface area contributed by atoms with Gasteiger partial charge in [-0.15, -0.1) is 0 Å². The molecule has 0 radical (unpaired) electrons. The summed E-state index contributed by atoms with van der Waals surface area (Å²) in [4.78, 5) is 31.1. The van der Waals surface area contributed by atoms with Crippen LogP contribution in [0, 0.1) is 69.6 Å². The number of hydrogen-bond acceptors (Lipinski definition) is 11. The van der Waals surface area contributed by atoms with E-state index in [9.17, 15) is 0 Å². The maximum absolute atomic E-state index is 7.32. The molecule has 15 heteroatoms. The van der Waals surface area contributed by atoms with E-state index in [4.69, 9.17) is 15.8 Å². The molecule has 0 amide bonds. The van der Waals surface area contributed by atoms with Crippen LogP contribution in [0.15, 0.2) is 146 Å². The molecular formula is C42H45I3LaN11. The average molecular weight is 1220 g/mol. The van der Waals surface area contributed by atoms with Gasteiger partial charge in [0.1, 0.15) is 0 Å². The van der Waals surface area contributed by atoms with E-state index in [1.807, 2.05) is 146 Å². The molecule has 11 nitrogen and oxygen atoms in total. The molecule has 0 aliphatic rings. The van der Waals surface area contributed by atoms with Gasteiger partial charge in [-0.25, -0.2) is 0 Å². The van der Waals surface area contributed by atoms with Crippen LogP contribution < -0.4 is 71.9 Å². The molecule has 57 heavy (non-hydrogen) atoms. The maximum Gasteiger partial charge on any atom is 3.00 e. The predicted molar refractivity (Wildman–Crippen MR) is 205 cm³/mol. The number of hydrogen-bond donors (Lipinski definition) is 0. The molecule has 0 unspecified atom stereocenters. The number of pyridine rings is 6. The van der Waals surface area contributed by atoms with Crippen molar-refractivity contribution in [2.24, 2.45) is 0 Å². The quantitative estimate of drug-likeness (QED) is 0.135. The third-order valence-electron chi connectivity index (χ3n) is 6.67. The first-order valence-electron chi connectivity index (χ1n) is 16.8. The van der Waals surface area contributed by atoms with Crippen molar-refractivity contribution in [3.05, 3.63) is 181 Å². The second-order valence-electron chi connectivity index (χ2n) is 10.9. The van der Waals surface area contributed by atoms with E-state index < -0.39 is 0 Å². The van der Waals surface area contributed by atoms with Crippen molar-refractivity contribution in [3.63, 3.8) is 0 Å². The Labute approximate surface area is 417 Å². The van der Waals surface area contributed by atoms with Crippen molar-refractivity contribution in [2.45, 2.75) is 60.0 Å². The topological polar surface area (TPSA) is 155 Å². The van der Waals surface area contributed by atoms with Gasteiger partial charge in [-0.1, -0.05) is 36.4 Å². The van der Waals surface area contributed by atoms with Gasteiger partial charge in [0.2, 0.25) is 0 Å². The minimum absolute atomic E-state index is 0. The predicted octanol–water partition coefficient (Wildman–Crippen LogP) is -1.25. The van der Waals surface area contributed by atoms with Crippen LogP contribution in [0.25, 0.3) is 0 Å². The molecule has 0 aliphatic carbocycles. The van der Waals surface area contributed by atoms with E-state index in [0.717, 1.165) is 73.4 Å². The fourth-order valence-electron chi connectivity index (χ4n) is 4.66. The third-order valence-corrected chi connectivity index (χ3v) is 6.67. The average Bonchev–Trinajstić information content (AvgIpc) is 3.18. The number of aromatic nitrogens is 6. The van der Waals surface area contributed by atoms with Crippen LogP contribution >= 0.6 is 0 Å². The summed E-state index contributed by atoms with van der Waals surface area (Å²) >= 11 is 0. The molecule has 0 saturated carbocycles. The van der Waals surface area contributed by atoms with Crippen LogP contribution in [-0.2, 0) is 39.3 Å². The third kappa shape index (κ3) is 28.7. The van der Waals surface area contributed by atoms with Gasteiger partial charge in [-0.3, -0.25) is 39.7 Å². The molecule has 0 N–H and O–H groups in total. The van der Waals surface area contributed by atoms with Gasteiger partial charge in [-0.05, 0) is 72.8 Å². The van der Waals surface area contributed by atoms with Crippen LogP contribution in [0.1, 0.15) is 54.9 Å². The Morgan fingerprint density at radius 2 is 0.491 bits per heavy atom. The summed E-state index contributed by atoms with van der Waals surface area (Å²) in [6.07, 6.45) is 11.0. The molecule has 0 spiro atoms. The van der Waals surface area contributed by atoms with E-state index in [1.54, 1.807) is 18.2 Å². The normalized spacial score (nSPS) is 8.74. The summed E-state index contributed by atoms with van der Waals surface area (Å²) in [5.74, 6) is 0. The Hall–Kier alpha value is -3.33. The fraction of sp³-hybridized carbons (Fsp3) is 0.214. The van der Waals surface area contributed by atoms with E-state index in [2.05, 4.69) is 39.7 Å². The molecule has 0 fully saturated rings. The molecule has 6 aromatic rings. The minimum Gasteiger partial charge on any atom is -1.00 e. The second-order valence-corrected chi connectivity index (χ2v) is 10.9. The van der Waals surface area contributed by atoms with E-state index in [-0.39, 0.29) is 108 Å². The molecule has 6 rings (SSSR count). The number of nitriles is 3. The first kappa shape index (κ1) is 58.0. The first-order chi connectivity index (χ1) is 26.0. The summed E-state index contributed by atoms with van der Waals surface area (Å²) in [5, 5.41) is 22.0. The summed E-state index contributed by atoms with van der Waals surface area (Å²) in [6.45, 7) is 8.92. The molecule has 0 aliphatic heterocycles. The van der Waals surface area contributed by atoms with Gasteiger partial charge in [0.05, 0.1) is 52.4 Å². The molecule has 0 saturated heterocycles. The zero-order chi connectivity index (χ0) is 38.2. The van der Waals surface area contributed by atoms with Crippen molar-refractivity contribution in [2.75, 3.05) is 0 Å².